The second-order valence-corrected chi connectivity index (χ2v) is 6.26. The number of nitrogens with zero attached hydrogens (tertiary/aromatic N) is 1. The first-order valence-electron chi connectivity index (χ1n) is 6.29. The Hall–Kier alpha value is -1.39. The fourth-order valence-corrected chi connectivity index (χ4v) is 2.75. The smallest absolute Gasteiger partial charge is 0.236 e. The van der Waals surface area contributed by atoms with Gasteiger partial charge in [-0.15, -0.1) is 0 Å². The molecule has 0 bridgehead atoms. The number of carbonyl (C=O) groups excluding carboxylic acids is 1. The third kappa shape index (κ3) is 2.58. The lowest BCUT2D eigenvalue weighted by molar-refractivity contribution is -0.118. The Morgan fingerprint density at radius 3 is 2.70 bits per heavy atom. The van der Waals surface area contributed by atoms with Crippen LogP contribution in [0, 0.1) is 0 Å². The molecule has 3 nitrogen and oxygen atoms in total. The third-order valence-electron chi connectivity index (χ3n) is 3.53. The molecule has 5 heteroatoms. The van der Waals surface area contributed by atoms with Crippen LogP contribution in [0.5, 0.6) is 0 Å². The molecule has 1 heterocycles. The number of halogens is 2. The number of carbonyl (C=O) groups is 1. The minimum atomic E-state index is -0.412. The molecule has 0 spiro atoms. The van der Waals surface area contributed by atoms with Gasteiger partial charge in [-0.05, 0) is 42.7 Å². The highest BCUT2D eigenvalue weighted by atomic mass is 79.9. The predicted octanol–water partition coefficient (Wildman–Crippen LogP) is 4.17. The number of benzene rings is 1. The van der Waals surface area contributed by atoms with Crippen molar-refractivity contribution in [3.63, 3.8) is 0 Å². The predicted molar refractivity (Wildman–Crippen MR) is 82.9 cm³/mol. The first-order chi connectivity index (χ1) is 9.60. The summed E-state index contributed by atoms with van der Waals surface area (Å²) in [4.78, 5) is 16.6. The zero-order valence-electron chi connectivity index (χ0n) is 10.6. The van der Waals surface area contributed by atoms with Gasteiger partial charge in [0, 0.05) is 10.7 Å². The maximum absolute atomic E-state index is 12.5. The average Bonchev–Trinajstić information content (AvgIpc) is 3.23. The molecule has 1 aromatic carbocycles. The molecule has 0 aliphatic heterocycles. The van der Waals surface area contributed by atoms with E-state index in [2.05, 4.69) is 26.2 Å². The van der Waals surface area contributed by atoms with Gasteiger partial charge in [0.2, 0.25) is 5.91 Å². The summed E-state index contributed by atoms with van der Waals surface area (Å²) in [5.41, 5.74) is 0.629. The molecule has 1 N–H and O–H groups in total. The highest BCUT2D eigenvalue weighted by Crippen LogP contribution is 2.49. The van der Waals surface area contributed by atoms with Crippen molar-refractivity contribution in [2.24, 2.45) is 0 Å². The van der Waals surface area contributed by atoms with Crippen molar-refractivity contribution in [2.45, 2.75) is 18.3 Å². The summed E-state index contributed by atoms with van der Waals surface area (Å²) in [6, 6.07) is 11.3. The Morgan fingerprint density at radius 1 is 1.30 bits per heavy atom. The Balaban J connectivity index is 1.81. The van der Waals surface area contributed by atoms with Crippen LogP contribution in [0.4, 0.5) is 5.82 Å². The number of hydrogen-bond acceptors (Lipinski definition) is 2. The van der Waals surface area contributed by atoms with Gasteiger partial charge < -0.3 is 5.32 Å². The summed E-state index contributed by atoms with van der Waals surface area (Å²) in [5, 5.41) is 3.42. The van der Waals surface area contributed by atoms with E-state index in [0.717, 1.165) is 22.9 Å². The van der Waals surface area contributed by atoms with Gasteiger partial charge in [0.15, 0.2) is 0 Å². The van der Waals surface area contributed by atoms with Crippen LogP contribution in [-0.4, -0.2) is 10.9 Å². The highest BCUT2D eigenvalue weighted by molar-refractivity contribution is 9.10. The molecule has 1 fully saturated rings. The molecule has 3 rings (SSSR count). The van der Waals surface area contributed by atoms with Crippen LogP contribution >= 0.6 is 27.5 Å². The zero-order chi connectivity index (χ0) is 14.2. The number of aromatic nitrogens is 1. The Labute approximate surface area is 130 Å². The fourth-order valence-electron chi connectivity index (χ4n) is 2.24. The first kappa shape index (κ1) is 13.6. The molecular weight excluding hydrogens is 340 g/mol. The van der Waals surface area contributed by atoms with Gasteiger partial charge in [-0.3, -0.25) is 4.79 Å². The van der Waals surface area contributed by atoms with Gasteiger partial charge in [0.1, 0.15) is 5.82 Å². The Morgan fingerprint density at radius 2 is 2.10 bits per heavy atom. The summed E-state index contributed by atoms with van der Waals surface area (Å²) >= 11 is 9.23. The summed E-state index contributed by atoms with van der Waals surface area (Å²) in [5.74, 6) is 0.520. The molecule has 0 saturated heterocycles. The van der Waals surface area contributed by atoms with Crippen LogP contribution in [0.15, 0.2) is 47.1 Å². The lowest BCUT2D eigenvalue weighted by Crippen LogP contribution is -2.28. The highest BCUT2D eigenvalue weighted by Gasteiger charge is 2.51. The summed E-state index contributed by atoms with van der Waals surface area (Å²) < 4.78 is 0.985. The standard InChI is InChI=1S/C15H12BrClN2O/c16-11-3-1-2-10(8-11)15(6-7-15)14(20)19-13-5-4-12(17)9-18-13/h1-5,8-9H,6-7H2,(H,18,19,20). The average molecular weight is 352 g/mol. The van der Waals surface area contributed by atoms with Crippen LogP contribution in [0.2, 0.25) is 5.02 Å². The lowest BCUT2D eigenvalue weighted by Gasteiger charge is -2.15. The minimum absolute atomic E-state index is 0.00887. The van der Waals surface area contributed by atoms with E-state index in [1.165, 1.54) is 6.20 Å². The molecular formula is C15H12BrClN2O. The molecule has 1 saturated carbocycles. The van der Waals surface area contributed by atoms with E-state index in [9.17, 15) is 4.79 Å². The molecule has 1 aliphatic carbocycles. The van der Waals surface area contributed by atoms with Crippen LogP contribution in [0.25, 0.3) is 0 Å². The van der Waals surface area contributed by atoms with E-state index >= 15 is 0 Å². The van der Waals surface area contributed by atoms with E-state index in [0.29, 0.717) is 10.8 Å². The maximum atomic E-state index is 12.5. The quantitative estimate of drug-likeness (QED) is 0.902. The van der Waals surface area contributed by atoms with Crippen molar-refractivity contribution in [1.29, 1.82) is 0 Å². The third-order valence-corrected chi connectivity index (χ3v) is 4.25. The van der Waals surface area contributed by atoms with E-state index in [4.69, 9.17) is 11.6 Å². The Kier molecular flexibility index (Phi) is 3.52. The van der Waals surface area contributed by atoms with Crippen molar-refractivity contribution >= 4 is 39.3 Å². The van der Waals surface area contributed by atoms with E-state index < -0.39 is 5.41 Å². The van der Waals surface area contributed by atoms with Crippen molar-refractivity contribution in [3.05, 3.63) is 57.7 Å². The van der Waals surface area contributed by atoms with Gasteiger partial charge in [0.05, 0.1) is 10.4 Å². The monoisotopic (exact) mass is 350 g/mol. The topological polar surface area (TPSA) is 42.0 Å². The number of amides is 1. The normalized spacial score (nSPS) is 15.7. The van der Waals surface area contributed by atoms with Crippen molar-refractivity contribution in [2.75, 3.05) is 5.32 Å². The second kappa shape index (κ2) is 5.19. The van der Waals surface area contributed by atoms with E-state index in [-0.39, 0.29) is 5.91 Å². The molecule has 102 valence electrons. The van der Waals surface area contributed by atoms with Gasteiger partial charge in [0.25, 0.3) is 0 Å². The summed E-state index contributed by atoms with van der Waals surface area (Å²) in [6.45, 7) is 0. The number of pyridine rings is 1. The summed E-state index contributed by atoms with van der Waals surface area (Å²) in [7, 11) is 0. The SMILES string of the molecule is O=C(Nc1ccc(Cl)cn1)C1(c2cccc(Br)c2)CC1. The van der Waals surface area contributed by atoms with Crippen molar-refractivity contribution in [3.8, 4) is 0 Å². The molecule has 0 unspecified atom stereocenters. The van der Waals surface area contributed by atoms with E-state index in [1.807, 2.05) is 24.3 Å². The van der Waals surface area contributed by atoms with Crippen LogP contribution < -0.4 is 5.32 Å². The lowest BCUT2D eigenvalue weighted by atomic mass is 9.95. The first-order valence-corrected chi connectivity index (χ1v) is 7.46. The van der Waals surface area contributed by atoms with Crippen LogP contribution in [-0.2, 0) is 10.2 Å². The van der Waals surface area contributed by atoms with E-state index in [1.54, 1.807) is 12.1 Å². The molecule has 2 aromatic rings. The molecule has 1 aromatic heterocycles. The van der Waals surface area contributed by atoms with Crippen LogP contribution in [0.1, 0.15) is 18.4 Å². The fraction of sp³-hybridized carbons (Fsp3) is 0.200. The van der Waals surface area contributed by atoms with Gasteiger partial charge >= 0.3 is 0 Å². The second-order valence-electron chi connectivity index (χ2n) is 4.91. The number of hydrogen-bond donors (Lipinski definition) is 1. The largest absolute Gasteiger partial charge is 0.310 e. The summed E-state index contributed by atoms with van der Waals surface area (Å²) in [6.07, 6.45) is 3.25. The number of anilines is 1. The van der Waals surface area contributed by atoms with Gasteiger partial charge in [-0.25, -0.2) is 4.98 Å². The number of rotatable bonds is 3. The van der Waals surface area contributed by atoms with Gasteiger partial charge in [-0.2, -0.15) is 0 Å². The minimum Gasteiger partial charge on any atom is -0.310 e. The molecule has 0 radical (unpaired) electrons. The molecule has 0 atom stereocenters. The van der Waals surface area contributed by atoms with Crippen molar-refractivity contribution < 1.29 is 4.79 Å². The Bertz CT molecular complexity index is 653. The molecule has 1 amide bonds. The van der Waals surface area contributed by atoms with Gasteiger partial charge in [-0.1, -0.05) is 39.7 Å². The maximum Gasteiger partial charge on any atom is 0.236 e. The molecule has 20 heavy (non-hydrogen) atoms. The molecule has 1 aliphatic rings. The zero-order valence-corrected chi connectivity index (χ0v) is 12.9. The van der Waals surface area contributed by atoms with Crippen LogP contribution in [0.3, 0.4) is 0 Å². The van der Waals surface area contributed by atoms with Crippen molar-refractivity contribution in [1.82, 2.24) is 4.98 Å². The number of nitrogens with one attached hydrogen (secondary N) is 1.